The Morgan fingerprint density at radius 3 is 2.27 bits per heavy atom. The highest BCUT2D eigenvalue weighted by atomic mass is 17.1. The van der Waals surface area contributed by atoms with E-state index >= 15 is 0 Å². The maximum absolute atomic E-state index is 7.90. The Morgan fingerprint density at radius 2 is 1.91 bits per heavy atom. The fourth-order valence-electron chi connectivity index (χ4n) is 1.76. The number of rotatable bonds is 2. The largest absolute Gasteiger partial charge is 0.376 e. The molecule has 0 aromatic carbocycles. The second-order valence-corrected chi connectivity index (χ2v) is 5.89. The van der Waals surface area contributed by atoms with Gasteiger partial charge in [-0.25, -0.2) is 9.88 Å². The van der Waals surface area contributed by atoms with Crippen LogP contribution in [0.1, 0.15) is 41.0 Å². The van der Waals surface area contributed by atoms with Crippen molar-refractivity contribution in [3.63, 3.8) is 0 Å². The van der Waals surface area contributed by atoms with Crippen molar-refractivity contribution in [1.82, 2.24) is 4.90 Å². The maximum Gasteiger partial charge on any atom is 0.217 e. The van der Waals surface area contributed by atoms with E-state index < -0.39 is 5.60 Å². The first-order chi connectivity index (χ1) is 10.2. The number of piperidine rings is 1. The summed E-state index contributed by atoms with van der Waals surface area (Å²) in [6.45, 7) is 21.3. The Balaban J connectivity index is 0. The fourth-order valence-corrected chi connectivity index (χ4v) is 1.76. The van der Waals surface area contributed by atoms with E-state index in [0.717, 1.165) is 26.1 Å². The molecule has 1 saturated heterocycles. The number of nitrogens with zero attached hydrogens (tertiary/aromatic N) is 2. The fraction of sp³-hybridized carbons (Fsp3) is 0.750. The van der Waals surface area contributed by atoms with Gasteiger partial charge >= 0.3 is 0 Å². The van der Waals surface area contributed by atoms with Crippen LogP contribution in [0.15, 0.2) is 18.2 Å². The summed E-state index contributed by atoms with van der Waals surface area (Å²) in [4.78, 5) is 9.50. The molecule has 22 heavy (non-hydrogen) atoms. The van der Waals surface area contributed by atoms with Gasteiger partial charge in [0.1, 0.15) is 0 Å². The Labute approximate surface area is 135 Å². The summed E-state index contributed by atoms with van der Waals surface area (Å²) >= 11 is 0. The molecule has 6 heteroatoms. The number of aliphatic imine (C=N–C) groups is 1. The number of hydrogen-bond acceptors (Lipinski definition) is 4. The van der Waals surface area contributed by atoms with Crippen molar-refractivity contribution in [1.29, 1.82) is 5.41 Å². The number of guanidine groups is 1. The molecule has 0 bridgehead atoms. The summed E-state index contributed by atoms with van der Waals surface area (Å²) in [5, 5.41) is 15.5. The van der Waals surface area contributed by atoms with Crippen LogP contribution in [0.2, 0.25) is 0 Å². The summed E-state index contributed by atoms with van der Waals surface area (Å²) < 4.78 is 5.62. The highest BCUT2D eigenvalue weighted by molar-refractivity contribution is 5.81. The Morgan fingerprint density at radius 1 is 1.41 bits per heavy atom. The van der Waals surface area contributed by atoms with E-state index in [0.29, 0.717) is 5.92 Å². The molecule has 6 nitrogen and oxygen atoms in total. The van der Waals surface area contributed by atoms with Gasteiger partial charge in [-0.2, -0.15) is 0 Å². The van der Waals surface area contributed by atoms with Crippen molar-refractivity contribution in [3.05, 3.63) is 13.2 Å². The van der Waals surface area contributed by atoms with Gasteiger partial charge < -0.3 is 9.64 Å². The molecule has 1 rings (SSSR count). The lowest BCUT2D eigenvalue weighted by molar-refractivity contribution is -0.306. The number of likely N-dealkylation sites (tertiary alicyclic amines) is 1. The molecule has 1 heterocycles. The van der Waals surface area contributed by atoms with Crippen LogP contribution in [0.5, 0.6) is 0 Å². The van der Waals surface area contributed by atoms with Crippen molar-refractivity contribution in [2.24, 2.45) is 10.9 Å². The van der Waals surface area contributed by atoms with Crippen LogP contribution in [0, 0.1) is 11.3 Å². The molecule has 2 atom stereocenters. The summed E-state index contributed by atoms with van der Waals surface area (Å²) in [6.07, 6.45) is 1.29. The predicted octanol–water partition coefficient (Wildman–Crippen LogP) is 3.45. The van der Waals surface area contributed by atoms with Crippen molar-refractivity contribution in [3.8, 4) is 0 Å². The van der Waals surface area contributed by atoms with Crippen molar-refractivity contribution in [2.75, 3.05) is 19.7 Å². The summed E-state index contributed by atoms with van der Waals surface area (Å²) in [5.41, 5.74) is -0.403. The highest BCUT2D eigenvalue weighted by Crippen LogP contribution is 2.20. The van der Waals surface area contributed by atoms with Gasteiger partial charge in [-0.3, -0.25) is 10.7 Å². The van der Waals surface area contributed by atoms with Gasteiger partial charge in [-0.05, 0) is 46.8 Å². The molecule has 0 spiro atoms. The van der Waals surface area contributed by atoms with Crippen LogP contribution < -0.4 is 0 Å². The van der Waals surface area contributed by atoms with Crippen molar-refractivity contribution < 1.29 is 14.9 Å². The lowest BCUT2D eigenvalue weighted by Gasteiger charge is -2.36. The second kappa shape index (κ2) is 12.3. The first kappa shape index (κ1) is 23.0. The topological polar surface area (TPSA) is 78.1 Å². The molecule has 0 aromatic heterocycles. The van der Waals surface area contributed by atoms with Crippen molar-refractivity contribution >= 4 is 12.7 Å². The van der Waals surface area contributed by atoms with Gasteiger partial charge in [-0.1, -0.05) is 6.92 Å². The standard InChI is InChI=1S/C10H19N3O.C4H10O2.C2H4/c1-4-14-9-7-13(10(11)12-3)6-5-8(9)2;1-4(2,3)6-5;1-2/h8-9,11H,3-7H2,1-2H3;5H,1-3H3;1-2H2/t8-,9+;;/m0../s1. The zero-order chi connectivity index (χ0) is 17.8. The highest BCUT2D eigenvalue weighted by Gasteiger charge is 2.27. The molecule has 2 N–H and O–H groups in total. The minimum atomic E-state index is -0.403. The lowest BCUT2D eigenvalue weighted by Crippen LogP contribution is -2.46. The van der Waals surface area contributed by atoms with Gasteiger partial charge in [-0.15, -0.1) is 13.2 Å². The molecular formula is C16H33N3O3. The van der Waals surface area contributed by atoms with Crippen LogP contribution >= 0.6 is 0 Å². The average molecular weight is 315 g/mol. The van der Waals surface area contributed by atoms with Crippen LogP contribution in [0.25, 0.3) is 0 Å². The van der Waals surface area contributed by atoms with E-state index in [1.807, 2.05) is 11.8 Å². The summed E-state index contributed by atoms with van der Waals surface area (Å²) in [6, 6.07) is 0. The SMILES string of the molecule is C=C.C=NC(=N)N1CC[C@H](C)[C@H](OCC)C1.CC(C)(C)OO. The number of nitrogens with one attached hydrogen (secondary N) is 1. The van der Waals surface area contributed by atoms with Gasteiger partial charge in [0.25, 0.3) is 0 Å². The average Bonchev–Trinajstić information content (AvgIpc) is 2.51. The molecular weight excluding hydrogens is 282 g/mol. The zero-order valence-corrected chi connectivity index (χ0v) is 14.8. The van der Waals surface area contributed by atoms with Gasteiger partial charge in [0.2, 0.25) is 5.96 Å². The van der Waals surface area contributed by atoms with E-state index in [-0.39, 0.29) is 12.1 Å². The third kappa shape index (κ3) is 10.5. The molecule has 0 amide bonds. The lowest BCUT2D eigenvalue weighted by atomic mass is 9.96. The van der Waals surface area contributed by atoms with Crippen molar-refractivity contribution in [2.45, 2.75) is 52.7 Å². The van der Waals surface area contributed by atoms with E-state index in [9.17, 15) is 0 Å². The third-order valence-electron chi connectivity index (χ3n) is 2.99. The van der Waals surface area contributed by atoms with E-state index in [1.54, 1.807) is 20.8 Å². The summed E-state index contributed by atoms with van der Waals surface area (Å²) in [5.74, 6) is 0.838. The van der Waals surface area contributed by atoms with E-state index in [1.165, 1.54) is 0 Å². The zero-order valence-electron chi connectivity index (χ0n) is 14.8. The smallest absolute Gasteiger partial charge is 0.217 e. The first-order valence-electron chi connectivity index (χ1n) is 7.49. The quantitative estimate of drug-likeness (QED) is 0.269. The monoisotopic (exact) mass is 315 g/mol. The molecule has 1 aliphatic heterocycles. The Kier molecular flexibility index (Phi) is 12.9. The molecule has 0 unspecified atom stereocenters. The maximum atomic E-state index is 7.90. The molecule has 0 aromatic rings. The summed E-state index contributed by atoms with van der Waals surface area (Å²) in [7, 11) is 0. The van der Waals surface area contributed by atoms with Gasteiger partial charge in [0, 0.05) is 19.7 Å². The van der Waals surface area contributed by atoms with Crippen LogP contribution in [0.4, 0.5) is 0 Å². The Hall–Kier alpha value is -1.24. The third-order valence-corrected chi connectivity index (χ3v) is 2.99. The van der Waals surface area contributed by atoms with E-state index in [2.05, 4.69) is 36.7 Å². The predicted molar refractivity (Wildman–Crippen MR) is 92.8 cm³/mol. The molecule has 1 fully saturated rings. The molecule has 1 aliphatic rings. The van der Waals surface area contributed by atoms with E-state index in [4.69, 9.17) is 15.4 Å². The van der Waals surface area contributed by atoms with Crippen LogP contribution in [-0.2, 0) is 9.62 Å². The van der Waals surface area contributed by atoms with Gasteiger partial charge in [0.05, 0.1) is 11.7 Å². The van der Waals surface area contributed by atoms with Gasteiger partial charge in [0.15, 0.2) is 0 Å². The molecule has 130 valence electrons. The molecule has 0 aliphatic carbocycles. The second-order valence-electron chi connectivity index (χ2n) is 5.89. The number of hydrogen-bond donors (Lipinski definition) is 2. The minimum Gasteiger partial charge on any atom is -0.376 e. The van der Waals surface area contributed by atoms with Crippen LogP contribution in [0.3, 0.4) is 0 Å². The first-order valence-corrected chi connectivity index (χ1v) is 7.49. The minimum absolute atomic E-state index is 0.232. The number of ether oxygens (including phenoxy) is 1. The molecule has 0 saturated carbocycles. The normalized spacial score (nSPS) is 20.9. The Bertz CT molecular complexity index is 316. The molecule has 0 radical (unpaired) electrons. The van der Waals surface area contributed by atoms with Crippen LogP contribution in [-0.4, -0.2) is 54.2 Å².